The van der Waals surface area contributed by atoms with Gasteiger partial charge in [0.15, 0.2) is 5.11 Å². The molecule has 126 valence electrons. The Morgan fingerprint density at radius 2 is 1.62 bits per heavy atom. The zero-order valence-electron chi connectivity index (χ0n) is 13.6. The molecule has 0 atom stereocenters. The molecule has 0 unspecified atom stereocenters. The van der Waals surface area contributed by atoms with Crippen LogP contribution >= 0.6 is 28.1 Å². The fourth-order valence-corrected chi connectivity index (χ4v) is 3.32. The fraction of sp³-hybridized carbons (Fsp3) is 0.316. The van der Waals surface area contributed by atoms with Gasteiger partial charge in [0, 0.05) is 35.5 Å². The molecule has 0 bridgehead atoms. The van der Waals surface area contributed by atoms with Crippen LogP contribution in [-0.4, -0.2) is 18.2 Å². The molecular formula is C19H22BrN3S. The van der Waals surface area contributed by atoms with Crippen LogP contribution in [0, 0.1) is 0 Å². The van der Waals surface area contributed by atoms with E-state index in [1.165, 1.54) is 43.6 Å². The molecular weight excluding hydrogens is 382 g/mol. The molecule has 2 aromatic rings. The molecule has 1 saturated heterocycles. The van der Waals surface area contributed by atoms with Gasteiger partial charge in [0.05, 0.1) is 0 Å². The molecule has 0 amide bonds. The lowest BCUT2D eigenvalue weighted by Crippen LogP contribution is -2.29. The number of hydrogen-bond donors (Lipinski definition) is 2. The van der Waals surface area contributed by atoms with E-state index in [9.17, 15) is 0 Å². The molecule has 2 N–H and O–H groups in total. The molecule has 1 aliphatic rings. The second-order valence-electron chi connectivity index (χ2n) is 6.03. The highest BCUT2D eigenvalue weighted by Crippen LogP contribution is 2.20. The van der Waals surface area contributed by atoms with Crippen molar-refractivity contribution in [3.05, 3.63) is 58.6 Å². The summed E-state index contributed by atoms with van der Waals surface area (Å²) in [6.45, 7) is 3.08. The second-order valence-corrected chi connectivity index (χ2v) is 7.35. The zero-order chi connectivity index (χ0) is 16.8. The van der Waals surface area contributed by atoms with Gasteiger partial charge in [-0.25, -0.2) is 0 Å². The van der Waals surface area contributed by atoms with E-state index in [-0.39, 0.29) is 0 Å². The summed E-state index contributed by atoms with van der Waals surface area (Å²) >= 11 is 8.78. The number of rotatable bonds is 4. The Kier molecular flexibility index (Phi) is 6.10. The lowest BCUT2D eigenvalue weighted by molar-refractivity contribution is 0.578. The van der Waals surface area contributed by atoms with Gasteiger partial charge in [-0.2, -0.15) is 0 Å². The molecule has 0 radical (unpaired) electrons. The first-order valence-electron chi connectivity index (χ1n) is 8.35. The molecule has 0 spiro atoms. The summed E-state index contributed by atoms with van der Waals surface area (Å²) in [6.07, 6.45) is 3.97. The average molecular weight is 404 g/mol. The van der Waals surface area contributed by atoms with Crippen molar-refractivity contribution in [3.8, 4) is 0 Å². The maximum absolute atomic E-state index is 5.35. The average Bonchev–Trinajstić information content (AvgIpc) is 2.63. The van der Waals surface area contributed by atoms with E-state index in [0.717, 1.165) is 16.7 Å². The first-order chi connectivity index (χ1) is 11.7. The second kappa shape index (κ2) is 8.49. The summed E-state index contributed by atoms with van der Waals surface area (Å²) in [5, 5.41) is 7.09. The molecule has 1 aliphatic heterocycles. The molecule has 1 fully saturated rings. The highest BCUT2D eigenvalue weighted by Gasteiger charge is 2.10. The van der Waals surface area contributed by atoms with Crippen LogP contribution in [0.25, 0.3) is 0 Å². The first kappa shape index (κ1) is 17.2. The fourth-order valence-electron chi connectivity index (χ4n) is 2.87. The number of nitrogens with one attached hydrogen (secondary N) is 2. The van der Waals surface area contributed by atoms with E-state index in [1.54, 1.807) is 0 Å². The van der Waals surface area contributed by atoms with Crippen molar-refractivity contribution in [3.63, 3.8) is 0 Å². The van der Waals surface area contributed by atoms with Gasteiger partial charge in [0.2, 0.25) is 0 Å². The van der Waals surface area contributed by atoms with Gasteiger partial charge in [0.25, 0.3) is 0 Å². The van der Waals surface area contributed by atoms with E-state index in [2.05, 4.69) is 55.7 Å². The predicted octanol–water partition coefficient (Wildman–Crippen LogP) is 4.93. The van der Waals surface area contributed by atoms with Crippen LogP contribution in [0.1, 0.15) is 24.8 Å². The standard InChI is InChI=1S/C19H22BrN3S/c20-16-6-8-17(9-7-16)22-19(24)21-14-15-4-10-18(11-5-15)23-12-2-1-3-13-23/h4-11H,1-3,12-14H2,(H2,21,22,24). The van der Waals surface area contributed by atoms with Gasteiger partial charge in [0.1, 0.15) is 0 Å². The van der Waals surface area contributed by atoms with Gasteiger partial charge in [-0.15, -0.1) is 0 Å². The van der Waals surface area contributed by atoms with Gasteiger partial charge in [-0.3, -0.25) is 0 Å². The summed E-state index contributed by atoms with van der Waals surface area (Å²) in [7, 11) is 0. The zero-order valence-corrected chi connectivity index (χ0v) is 16.0. The smallest absolute Gasteiger partial charge is 0.171 e. The maximum atomic E-state index is 5.35. The summed E-state index contributed by atoms with van der Waals surface area (Å²) < 4.78 is 1.06. The van der Waals surface area contributed by atoms with E-state index >= 15 is 0 Å². The quantitative estimate of drug-likeness (QED) is 0.707. The van der Waals surface area contributed by atoms with Crippen molar-refractivity contribution in [2.45, 2.75) is 25.8 Å². The van der Waals surface area contributed by atoms with Crippen LogP contribution in [-0.2, 0) is 6.54 Å². The van der Waals surface area contributed by atoms with Crippen molar-refractivity contribution in [2.75, 3.05) is 23.3 Å². The van der Waals surface area contributed by atoms with Crippen LogP contribution in [0.5, 0.6) is 0 Å². The number of anilines is 2. The van der Waals surface area contributed by atoms with E-state index in [4.69, 9.17) is 12.2 Å². The highest BCUT2D eigenvalue weighted by molar-refractivity contribution is 9.10. The summed E-state index contributed by atoms with van der Waals surface area (Å²) in [6, 6.07) is 16.8. The minimum Gasteiger partial charge on any atom is -0.372 e. The third-order valence-corrected chi connectivity index (χ3v) is 4.99. The van der Waals surface area contributed by atoms with Gasteiger partial charge >= 0.3 is 0 Å². The van der Waals surface area contributed by atoms with Crippen molar-refractivity contribution < 1.29 is 0 Å². The highest BCUT2D eigenvalue weighted by atomic mass is 79.9. The lowest BCUT2D eigenvalue weighted by Gasteiger charge is -2.28. The maximum Gasteiger partial charge on any atom is 0.171 e. The molecule has 0 aliphatic carbocycles. The SMILES string of the molecule is S=C(NCc1ccc(N2CCCCC2)cc1)Nc1ccc(Br)cc1. The van der Waals surface area contributed by atoms with Gasteiger partial charge < -0.3 is 15.5 Å². The number of nitrogens with zero attached hydrogens (tertiary/aromatic N) is 1. The Morgan fingerprint density at radius 1 is 0.958 bits per heavy atom. The monoisotopic (exact) mass is 403 g/mol. The van der Waals surface area contributed by atoms with Crippen molar-refractivity contribution in [1.29, 1.82) is 0 Å². The molecule has 24 heavy (non-hydrogen) atoms. The Hall–Kier alpha value is -1.59. The molecule has 0 aromatic heterocycles. The Morgan fingerprint density at radius 3 is 2.29 bits per heavy atom. The van der Waals surface area contributed by atoms with Crippen LogP contribution in [0.3, 0.4) is 0 Å². The van der Waals surface area contributed by atoms with Crippen molar-refractivity contribution in [1.82, 2.24) is 5.32 Å². The topological polar surface area (TPSA) is 27.3 Å². The van der Waals surface area contributed by atoms with Crippen LogP contribution < -0.4 is 15.5 Å². The third-order valence-electron chi connectivity index (χ3n) is 4.21. The molecule has 0 saturated carbocycles. The molecule has 1 heterocycles. The third kappa shape index (κ3) is 4.95. The Balaban J connectivity index is 1.49. The first-order valence-corrected chi connectivity index (χ1v) is 9.55. The minimum absolute atomic E-state index is 0.637. The lowest BCUT2D eigenvalue weighted by atomic mass is 10.1. The Bertz CT molecular complexity index is 664. The summed E-state index contributed by atoms with van der Waals surface area (Å²) in [5.74, 6) is 0. The number of halogens is 1. The number of piperidine rings is 1. The van der Waals surface area contributed by atoms with E-state index in [0.29, 0.717) is 5.11 Å². The normalized spacial score (nSPS) is 14.3. The number of benzene rings is 2. The van der Waals surface area contributed by atoms with Crippen LogP contribution in [0.2, 0.25) is 0 Å². The van der Waals surface area contributed by atoms with E-state index < -0.39 is 0 Å². The summed E-state index contributed by atoms with van der Waals surface area (Å²) in [4.78, 5) is 2.47. The number of thiocarbonyl (C=S) groups is 1. The molecule has 5 heteroatoms. The molecule has 3 rings (SSSR count). The number of hydrogen-bond acceptors (Lipinski definition) is 2. The molecule has 2 aromatic carbocycles. The van der Waals surface area contributed by atoms with Crippen LogP contribution in [0.15, 0.2) is 53.0 Å². The van der Waals surface area contributed by atoms with Crippen molar-refractivity contribution in [2.24, 2.45) is 0 Å². The minimum atomic E-state index is 0.637. The predicted molar refractivity (Wildman–Crippen MR) is 110 cm³/mol. The molecule has 3 nitrogen and oxygen atoms in total. The Labute approximate surface area is 157 Å². The van der Waals surface area contributed by atoms with Crippen LogP contribution in [0.4, 0.5) is 11.4 Å². The van der Waals surface area contributed by atoms with Crippen molar-refractivity contribution >= 4 is 44.6 Å². The summed E-state index contributed by atoms with van der Waals surface area (Å²) in [5.41, 5.74) is 3.54. The van der Waals surface area contributed by atoms with Gasteiger partial charge in [-0.1, -0.05) is 28.1 Å². The van der Waals surface area contributed by atoms with Gasteiger partial charge in [-0.05, 0) is 73.4 Å². The van der Waals surface area contributed by atoms with E-state index in [1.807, 2.05) is 24.3 Å². The largest absolute Gasteiger partial charge is 0.372 e.